The van der Waals surface area contributed by atoms with Crippen molar-refractivity contribution >= 4 is 32.4 Å². The fourth-order valence-corrected chi connectivity index (χ4v) is 1.11. The first-order chi connectivity index (χ1) is 7.63. The number of carbonyl (C=O) groups is 2. The van der Waals surface area contributed by atoms with Crippen LogP contribution in [0.2, 0.25) is 0 Å². The van der Waals surface area contributed by atoms with Gasteiger partial charge >= 0.3 is 0 Å². The largest absolute Gasteiger partial charge is 0.377 e. The maximum Gasteiger partial charge on any atom is 0.280 e. The van der Waals surface area contributed by atoms with Crippen LogP contribution in [0.1, 0.15) is 6.92 Å². The van der Waals surface area contributed by atoms with Crippen LogP contribution in [0.5, 0.6) is 0 Å². The van der Waals surface area contributed by atoms with Crippen LogP contribution in [0.15, 0.2) is 0 Å². The Bertz CT molecular complexity index is 192. The molecule has 0 atom stereocenters. The molecule has 0 fully saturated rings. The van der Waals surface area contributed by atoms with E-state index < -0.39 is 0 Å². The zero-order chi connectivity index (χ0) is 12.2. The predicted molar refractivity (Wildman–Crippen MR) is 67.7 cm³/mol. The highest BCUT2D eigenvalue weighted by Crippen LogP contribution is 1.82. The molecule has 0 bridgehead atoms. The molecule has 2 amide bonds. The summed E-state index contributed by atoms with van der Waals surface area (Å²) in [6.45, 7) is 4.41. The molecule has 6 nitrogen and oxygen atoms in total. The highest BCUT2D eigenvalue weighted by atomic mass is 127. The molecule has 0 aromatic heterocycles. The summed E-state index contributed by atoms with van der Waals surface area (Å²) in [5.74, 6) is -0.0607. The monoisotopic (exact) mass is 344 g/mol. The van der Waals surface area contributed by atoms with Crippen LogP contribution in [-0.4, -0.2) is 49.3 Å². The minimum Gasteiger partial charge on any atom is -0.377 e. The van der Waals surface area contributed by atoms with Gasteiger partial charge < -0.3 is 20.1 Å². The summed E-state index contributed by atoms with van der Waals surface area (Å²) in [4.78, 5) is 20.9. The number of rotatable bonds is 9. The average molecular weight is 344 g/mol. The molecular formula is C9H17IN2O4. The van der Waals surface area contributed by atoms with E-state index >= 15 is 0 Å². The number of hydrogen-bond acceptors (Lipinski definition) is 4. The van der Waals surface area contributed by atoms with Gasteiger partial charge in [0.1, 0.15) is 0 Å². The summed E-state index contributed by atoms with van der Waals surface area (Å²) >= 11 is 1.67. The first kappa shape index (κ1) is 15.6. The lowest BCUT2D eigenvalue weighted by Crippen LogP contribution is -2.25. The maximum absolute atomic E-state index is 10.5. The Hall–Kier alpha value is -0.410. The zero-order valence-electron chi connectivity index (χ0n) is 9.25. The Kier molecular flexibility index (Phi) is 10.8. The zero-order valence-corrected chi connectivity index (χ0v) is 11.4. The summed E-state index contributed by atoms with van der Waals surface area (Å²) in [5.41, 5.74) is 0. The molecule has 0 heterocycles. The van der Waals surface area contributed by atoms with Gasteiger partial charge in [0.25, 0.3) is 3.91 Å². The summed E-state index contributed by atoms with van der Waals surface area (Å²) in [6, 6.07) is 0. The van der Waals surface area contributed by atoms with Gasteiger partial charge in [0.05, 0.1) is 26.4 Å². The van der Waals surface area contributed by atoms with Gasteiger partial charge in [-0.05, 0) is 0 Å². The van der Waals surface area contributed by atoms with Gasteiger partial charge in [-0.2, -0.15) is 0 Å². The van der Waals surface area contributed by atoms with Crippen molar-refractivity contribution in [1.29, 1.82) is 0 Å². The van der Waals surface area contributed by atoms with E-state index in [-0.39, 0.29) is 9.82 Å². The summed E-state index contributed by atoms with van der Waals surface area (Å²) < 4.78 is 10.3. The molecule has 16 heavy (non-hydrogen) atoms. The normalized spacial score (nSPS) is 9.88. The first-order valence-corrected chi connectivity index (χ1v) is 6.04. The van der Waals surface area contributed by atoms with Gasteiger partial charge in [0, 0.05) is 42.6 Å². The Morgan fingerprint density at radius 2 is 1.50 bits per heavy atom. The average Bonchev–Trinajstić information content (AvgIpc) is 2.20. The SMILES string of the molecule is CC(=O)NCCOCCOCCNC(=O)I. The predicted octanol–water partition coefficient (Wildman–Crippen LogP) is 0.300. The molecule has 0 aromatic rings. The standard InChI is InChI=1S/C9H17IN2O4/c1-8(13)11-2-4-15-6-7-16-5-3-12-9(10)14/h2-7H2,1H3,(H,11,13)(H,12,14). The minimum absolute atomic E-state index is 0.0607. The molecule has 0 aromatic carbocycles. The summed E-state index contributed by atoms with van der Waals surface area (Å²) in [6.07, 6.45) is 0. The third-order valence-corrected chi connectivity index (χ3v) is 1.88. The summed E-state index contributed by atoms with van der Waals surface area (Å²) in [5, 5.41) is 5.22. The van der Waals surface area contributed by atoms with Crippen LogP contribution in [-0.2, 0) is 14.3 Å². The van der Waals surface area contributed by atoms with Crippen LogP contribution < -0.4 is 10.6 Å². The number of ether oxygens (including phenoxy) is 2. The van der Waals surface area contributed by atoms with Crippen LogP contribution >= 0.6 is 22.6 Å². The highest BCUT2D eigenvalue weighted by Gasteiger charge is 1.93. The van der Waals surface area contributed by atoms with E-state index in [0.29, 0.717) is 39.5 Å². The number of amides is 2. The Morgan fingerprint density at radius 1 is 1.00 bits per heavy atom. The lowest BCUT2D eigenvalue weighted by Gasteiger charge is -2.06. The molecule has 0 saturated carbocycles. The van der Waals surface area contributed by atoms with Crippen molar-refractivity contribution in [3.63, 3.8) is 0 Å². The van der Waals surface area contributed by atoms with E-state index in [1.54, 1.807) is 22.6 Å². The van der Waals surface area contributed by atoms with Crippen LogP contribution in [0.25, 0.3) is 0 Å². The van der Waals surface area contributed by atoms with E-state index in [2.05, 4.69) is 10.6 Å². The Labute approximate surface area is 109 Å². The second-order valence-electron chi connectivity index (χ2n) is 2.91. The van der Waals surface area contributed by atoms with Crippen LogP contribution in [0.3, 0.4) is 0 Å². The van der Waals surface area contributed by atoms with Crippen molar-refractivity contribution in [2.45, 2.75) is 6.92 Å². The van der Waals surface area contributed by atoms with Crippen molar-refractivity contribution in [1.82, 2.24) is 10.6 Å². The van der Waals surface area contributed by atoms with Gasteiger partial charge in [-0.15, -0.1) is 0 Å². The first-order valence-electron chi connectivity index (χ1n) is 4.96. The van der Waals surface area contributed by atoms with E-state index in [9.17, 15) is 9.59 Å². The van der Waals surface area contributed by atoms with Crippen LogP contribution in [0, 0.1) is 0 Å². The van der Waals surface area contributed by atoms with Crippen molar-refractivity contribution in [3.05, 3.63) is 0 Å². The molecule has 0 aliphatic rings. The molecule has 0 rings (SSSR count). The number of hydrogen-bond donors (Lipinski definition) is 2. The molecule has 2 N–H and O–H groups in total. The smallest absolute Gasteiger partial charge is 0.280 e. The van der Waals surface area contributed by atoms with E-state index in [1.165, 1.54) is 6.92 Å². The van der Waals surface area contributed by atoms with E-state index in [0.717, 1.165) is 0 Å². The molecule has 94 valence electrons. The molecule has 0 aliphatic heterocycles. The fourth-order valence-electron chi connectivity index (χ4n) is 0.843. The van der Waals surface area contributed by atoms with Gasteiger partial charge in [0.15, 0.2) is 0 Å². The maximum atomic E-state index is 10.5. The highest BCUT2D eigenvalue weighted by molar-refractivity contribution is 14.1. The third-order valence-electron chi connectivity index (χ3n) is 1.50. The summed E-state index contributed by atoms with van der Waals surface area (Å²) in [7, 11) is 0. The number of halogens is 1. The minimum atomic E-state index is -0.0900. The quantitative estimate of drug-likeness (QED) is 0.273. The number of nitrogens with one attached hydrogen (secondary N) is 2. The molecule has 0 radical (unpaired) electrons. The molecule has 0 saturated heterocycles. The topological polar surface area (TPSA) is 76.7 Å². The molecular weight excluding hydrogens is 327 g/mol. The third kappa shape index (κ3) is 13.6. The Balaban J connectivity index is 2.98. The van der Waals surface area contributed by atoms with Gasteiger partial charge in [-0.1, -0.05) is 0 Å². The lowest BCUT2D eigenvalue weighted by atomic mass is 10.6. The second kappa shape index (κ2) is 11.1. The van der Waals surface area contributed by atoms with Gasteiger partial charge in [0.2, 0.25) is 5.91 Å². The van der Waals surface area contributed by atoms with Gasteiger partial charge in [-0.3, -0.25) is 9.59 Å². The Morgan fingerprint density at radius 3 is 1.94 bits per heavy atom. The molecule has 7 heteroatoms. The second-order valence-corrected chi connectivity index (χ2v) is 3.89. The van der Waals surface area contributed by atoms with Crippen LogP contribution in [0.4, 0.5) is 4.79 Å². The molecule has 0 spiro atoms. The van der Waals surface area contributed by atoms with Crippen molar-refractivity contribution < 1.29 is 19.1 Å². The lowest BCUT2D eigenvalue weighted by molar-refractivity contribution is -0.119. The van der Waals surface area contributed by atoms with E-state index in [4.69, 9.17) is 9.47 Å². The molecule has 0 aliphatic carbocycles. The van der Waals surface area contributed by atoms with Crippen molar-refractivity contribution in [2.24, 2.45) is 0 Å². The van der Waals surface area contributed by atoms with Crippen molar-refractivity contribution in [2.75, 3.05) is 39.5 Å². The number of carbonyl (C=O) groups excluding carboxylic acids is 2. The molecule has 0 unspecified atom stereocenters. The van der Waals surface area contributed by atoms with Crippen molar-refractivity contribution in [3.8, 4) is 0 Å². The fraction of sp³-hybridized carbons (Fsp3) is 0.778. The van der Waals surface area contributed by atoms with Gasteiger partial charge in [-0.25, -0.2) is 0 Å². The van der Waals surface area contributed by atoms with E-state index in [1.807, 2.05) is 0 Å².